The van der Waals surface area contributed by atoms with Gasteiger partial charge in [-0.15, -0.1) is 0 Å². The summed E-state index contributed by atoms with van der Waals surface area (Å²) in [6.45, 7) is 8.03. The van der Waals surface area contributed by atoms with Crippen molar-refractivity contribution in [3.63, 3.8) is 0 Å². The molecule has 1 aliphatic rings. The van der Waals surface area contributed by atoms with Gasteiger partial charge in [-0.05, 0) is 102 Å². The van der Waals surface area contributed by atoms with Gasteiger partial charge in [0.15, 0.2) is 0 Å². The summed E-state index contributed by atoms with van der Waals surface area (Å²) >= 11 is 0. The van der Waals surface area contributed by atoms with E-state index in [4.69, 9.17) is 4.74 Å². The monoisotopic (exact) mass is 605 g/mol. The van der Waals surface area contributed by atoms with Crippen LogP contribution in [0.3, 0.4) is 0 Å². The van der Waals surface area contributed by atoms with Gasteiger partial charge in [-0.3, -0.25) is 4.90 Å². The first-order chi connectivity index (χ1) is 22.7. The molecule has 0 bridgehead atoms. The van der Waals surface area contributed by atoms with Gasteiger partial charge in [-0.1, -0.05) is 140 Å². The smallest absolute Gasteiger partial charge is 0.119 e. The van der Waals surface area contributed by atoms with Crippen LogP contribution in [0, 0.1) is 0 Å². The number of hydrogen-bond donors (Lipinski definition) is 0. The molecule has 1 aliphatic carbocycles. The van der Waals surface area contributed by atoms with E-state index in [0.717, 1.165) is 56.1 Å². The third kappa shape index (κ3) is 8.86. The van der Waals surface area contributed by atoms with Crippen LogP contribution in [0.25, 0.3) is 5.57 Å². The molecule has 0 saturated heterocycles. The van der Waals surface area contributed by atoms with Gasteiger partial charge in [0.2, 0.25) is 0 Å². The molecule has 0 amide bonds. The average Bonchev–Trinajstić information content (AvgIpc) is 3.08. The second-order valence-electron chi connectivity index (χ2n) is 12.8. The van der Waals surface area contributed by atoms with Gasteiger partial charge in [0.1, 0.15) is 12.4 Å². The normalized spacial score (nSPS) is 13.1. The third-order valence-corrected chi connectivity index (χ3v) is 9.53. The minimum absolute atomic E-state index is 0.360. The number of ether oxygens (including phenoxy) is 1. The molecule has 2 heteroatoms. The minimum Gasteiger partial charge on any atom is -0.489 e. The zero-order valence-corrected chi connectivity index (χ0v) is 27.1. The maximum atomic E-state index is 6.05. The van der Waals surface area contributed by atoms with Crippen molar-refractivity contribution in [2.45, 2.75) is 57.0 Å². The maximum Gasteiger partial charge on any atom is 0.119 e. The van der Waals surface area contributed by atoms with E-state index in [2.05, 4.69) is 133 Å². The Kier molecular flexibility index (Phi) is 11.2. The van der Waals surface area contributed by atoms with Gasteiger partial charge in [-0.2, -0.15) is 0 Å². The number of nitrogens with zero attached hydrogens (tertiary/aromatic N) is 1. The lowest BCUT2D eigenvalue weighted by atomic mass is 9.79. The van der Waals surface area contributed by atoms with Crippen molar-refractivity contribution in [3.8, 4) is 5.75 Å². The van der Waals surface area contributed by atoms with E-state index in [-0.39, 0.29) is 0 Å². The van der Waals surface area contributed by atoms with E-state index in [1.54, 1.807) is 5.56 Å². The third-order valence-electron chi connectivity index (χ3n) is 9.53. The van der Waals surface area contributed by atoms with Gasteiger partial charge in [0, 0.05) is 12.5 Å². The van der Waals surface area contributed by atoms with Gasteiger partial charge < -0.3 is 4.74 Å². The summed E-state index contributed by atoms with van der Waals surface area (Å²) < 4.78 is 6.05. The Morgan fingerprint density at radius 2 is 1.33 bits per heavy atom. The highest BCUT2D eigenvalue weighted by Gasteiger charge is 2.20. The second-order valence-corrected chi connectivity index (χ2v) is 12.8. The molecule has 0 heterocycles. The molecule has 1 fully saturated rings. The van der Waals surface area contributed by atoms with Crippen LogP contribution in [0.1, 0.15) is 77.3 Å². The van der Waals surface area contributed by atoms with Crippen LogP contribution in [0.2, 0.25) is 0 Å². The fraction of sp³-hybridized carbons (Fsp3) is 0.273. The highest BCUT2D eigenvalue weighted by molar-refractivity contribution is 5.65. The van der Waals surface area contributed by atoms with Crippen molar-refractivity contribution in [1.29, 1.82) is 0 Å². The van der Waals surface area contributed by atoms with Crippen LogP contribution >= 0.6 is 0 Å². The minimum atomic E-state index is 0.360. The molecule has 0 radical (unpaired) electrons. The average molecular weight is 606 g/mol. The molecule has 0 atom stereocenters. The lowest BCUT2D eigenvalue weighted by Crippen LogP contribution is -2.29. The van der Waals surface area contributed by atoms with Crippen molar-refractivity contribution >= 4 is 5.57 Å². The van der Waals surface area contributed by atoms with E-state index in [1.165, 1.54) is 47.1 Å². The van der Waals surface area contributed by atoms with Gasteiger partial charge >= 0.3 is 0 Å². The first kappa shape index (κ1) is 31.6. The molecule has 5 aromatic rings. The van der Waals surface area contributed by atoms with Crippen LogP contribution < -0.4 is 4.74 Å². The lowest BCUT2D eigenvalue weighted by molar-refractivity contribution is 0.294. The molecule has 0 spiro atoms. The van der Waals surface area contributed by atoms with Crippen LogP contribution in [0.4, 0.5) is 0 Å². The van der Waals surface area contributed by atoms with Crippen molar-refractivity contribution < 1.29 is 4.74 Å². The Bertz CT molecular complexity index is 1590. The summed E-state index contributed by atoms with van der Waals surface area (Å²) in [6, 6.07) is 50.1. The summed E-state index contributed by atoms with van der Waals surface area (Å²) in [5, 5.41) is 0. The number of aryl methyl sites for hydroxylation is 1. The predicted molar refractivity (Wildman–Crippen MR) is 193 cm³/mol. The first-order valence-electron chi connectivity index (χ1n) is 17.1. The molecule has 1 saturated carbocycles. The van der Waals surface area contributed by atoms with Crippen molar-refractivity contribution in [2.24, 2.45) is 0 Å². The molecular formula is C44H47NO. The largest absolute Gasteiger partial charge is 0.489 e. The Labute approximate surface area is 276 Å². The van der Waals surface area contributed by atoms with E-state index in [9.17, 15) is 0 Å². The highest BCUT2D eigenvalue weighted by atomic mass is 16.5. The topological polar surface area (TPSA) is 12.5 Å². The Hall–Kier alpha value is -4.40. The van der Waals surface area contributed by atoms with Gasteiger partial charge in [0.25, 0.3) is 0 Å². The van der Waals surface area contributed by atoms with E-state index >= 15 is 0 Å². The number of rotatable bonds is 16. The Morgan fingerprint density at radius 3 is 1.96 bits per heavy atom. The molecule has 46 heavy (non-hydrogen) atoms. The summed E-state index contributed by atoms with van der Waals surface area (Å²) in [5.41, 5.74) is 9.27. The van der Waals surface area contributed by atoms with E-state index in [0.29, 0.717) is 12.5 Å². The molecule has 6 rings (SSSR count). The molecule has 5 aromatic carbocycles. The second kappa shape index (κ2) is 16.2. The predicted octanol–water partition coefficient (Wildman–Crippen LogP) is 10.7. The van der Waals surface area contributed by atoms with Gasteiger partial charge in [-0.25, -0.2) is 0 Å². The molecular weight excluding hydrogens is 558 g/mol. The standard InChI is InChI=1S/C44H47NO/c1-35(38-25-27-43(28-26-38)46-34-37-14-5-2-6-15-37)33-45(30-13-17-36-16-11-24-42(32-36)39-22-12-23-39)31-29-44(40-18-7-3-8-19-40)41-20-9-4-10-21-41/h2-11,14-16,18-21,24-28,32,39,44H,1,12-13,17,22-23,29-31,33-34H2. The van der Waals surface area contributed by atoms with Crippen molar-refractivity contribution in [1.82, 2.24) is 4.90 Å². The number of benzene rings is 5. The van der Waals surface area contributed by atoms with E-state index in [1.807, 2.05) is 18.2 Å². The number of hydrogen-bond acceptors (Lipinski definition) is 2. The molecule has 2 nitrogen and oxygen atoms in total. The molecule has 0 N–H and O–H groups in total. The summed E-state index contributed by atoms with van der Waals surface area (Å²) in [6.07, 6.45) is 7.38. The summed E-state index contributed by atoms with van der Waals surface area (Å²) in [7, 11) is 0. The Balaban J connectivity index is 1.12. The van der Waals surface area contributed by atoms with E-state index < -0.39 is 0 Å². The van der Waals surface area contributed by atoms with Crippen molar-refractivity contribution in [3.05, 3.63) is 179 Å². The zero-order chi connectivity index (χ0) is 31.4. The lowest BCUT2D eigenvalue weighted by Gasteiger charge is -2.27. The van der Waals surface area contributed by atoms with Crippen LogP contribution in [-0.4, -0.2) is 24.5 Å². The quantitative estimate of drug-likeness (QED) is 0.111. The summed E-state index contributed by atoms with van der Waals surface area (Å²) in [4.78, 5) is 2.62. The SMILES string of the molecule is C=C(CN(CCCc1cccc(C2CCC2)c1)CCC(c1ccccc1)c1ccccc1)c1ccc(OCc2ccccc2)cc1. The molecule has 234 valence electrons. The van der Waals surface area contributed by atoms with Gasteiger partial charge in [0.05, 0.1) is 0 Å². The fourth-order valence-corrected chi connectivity index (χ4v) is 6.62. The highest BCUT2D eigenvalue weighted by Crippen LogP contribution is 2.36. The summed E-state index contributed by atoms with van der Waals surface area (Å²) in [5.74, 6) is 2.02. The molecule has 0 aromatic heterocycles. The van der Waals surface area contributed by atoms with Crippen LogP contribution in [0.15, 0.2) is 146 Å². The van der Waals surface area contributed by atoms with Crippen LogP contribution in [0.5, 0.6) is 5.75 Å². The Morgan fingerprint density at radius 1 is 0.696 bits per heavy atom. The maximum absolute atomic E-state index is 6.05. The first-order valence-corrected chi connectivity index (χ1v) is 17.1. The fourth-order valence-electron chi connectivity index (χ4n) is 6.62. The van der Waals surface area contributed by atoms with Crippen molar-refractivity contribution in [2.75, 3.05) is 19.6 Å². The zero-order valence-electron chi connectivity index (χ0n) is 27.1. The molecule has 0 unspecified atom stereocenters. The van der Waals surface area contributed by atoms with Crippen LogP contribution in [-0.2, 0) is 13.0 Å². The molecule has 0 aliphatic heterocycles.